The van der Waals surface area contributed by atoms with E-state index >= 15 is 0 Å². The number of nitrogens with one attached hydrogen (secondary N) is 1. The Labute approximate surface area is 110 Å². The van der Waals surface area contributed by atoms with E-state index in [9.17, 15) is 14.4 Å². The summed E-state index contributed by atoms with van der Waals surface area (Å²) < 4.78 is 1.23. The molecule has 0 aliphatic rings. The highest BCUT2D eigenvalue weighted by atomic mass is 16.4. The fourth-order valence-corrected chi connectivity index (χ4v) is 1.82. The van der Waals surface area contributed by atoms with Crippen LogP contribution in [-0.4, -0.2) is 45.2 Å². The first-order valence-corrected chi connectivity index (χ1v) is 6.29. The second-order valence-corrected chi connectivity index (χ2v) is 4.23. The Hall–Kier alpha value is -1.89. The predicted molar refractivity (Wildman–Crippen MR) is 70.7 cm³/mol. The average molecular weight is 269 g/mol. The summed E-state index contributed by atoms with van der Waals surface area (Å²) in [7, 11) is 0. The van der Waals surface area contributed by atoms with Crippen LogP contribution in [0.3, 0.4) is 0 Å². The van der Waals surface area contributed by atoms with Crippen molar-refractivity contribution >= 4 is 5.97 Å². The van der Waals surface area contributed by atoms with Gasteiger partial charge in [-0.15, -0.1) is 0 Å². The number of carboxylic acids is 1. The minimum Gasteiger partial charge on any atom is -0.477 e. The summed E-state index contributed by atoms with van der Waals surface area (Å²) >= 11 is 0. The maximum Gasteiger partial charge on any atom is 0.342 e. The van der Waals surface area contributed by atoms with Gasteiger partial charge in [-0.1, -0.05) is 13.8 Å². The summed E-state index contributed by atoms with van der Waals surface area (Å²) in [5, 5.41) is 8.84. The normalized spacial score (nSPS) is 10.9. The first kappa shape index (κ1) is 15.2. The van der Waals surface area contributed by atoms with Gasteiger partial charge in [-0.05, 0) is 19.5 Å². The van der Waals surface area contributed by atoms with E-state index in [4.69, 9.17) is 5.11 Å². The lowest BCUT2D eigenvalue weighted by Gasteiger charge is -2.19. The van der Waals surface area contributed by atoms with Gasteiger partial charge >= 0.3 is 11.7 Å². The third kappa shape index (κ3) is 4.06. The smallest absolute Gasteiger partial charge is 0.342 e. The number of likely N-dealkylation sites (N-methyl/N-ethyl adjacent to an activating group) is 1. The number of nitrogens with zero attached hydrogens (tertiary/aromatic N) is 2. The van der Waals surface area contributed by atoms with Crippen molar-refractivity contribution in [1.29, 1.82) is 0 Å². The second kappa shape index (κ2) is 6.89. The molecular formula is C12H19N3O4. The average Bonchev–Trinajstić information content (AvgIpc) is 2.35. The molecule has 0 saturated heterocycles. The number of aromatic nitrogens is 2. The van der Waals surface area contributed by atoms with Gasteiger partial charge in [0.05, 0.1) is 0 Å². The lowest BCUT2D eigenvalue weighted by molar-refractivity contribution is 0.0693. The van der Waals surface area contributed by atoms with Gasteiger partial charge in [0.25, 0.3) is 5.56 Å². The molecule has 0 bridgehead atoms. The molecular weight excluding hydrogens is 250 g/mol. The second-order valence-electron chi connectivity index (χ2n) is 4.23. The molecule has 1 heterocycles. The van der Waals surface area contributed by atoms with Crippen LogP contribution < -0.4 is 11.2 Å². The van der Waals surface area contributed by atoms with Gasteiger partial charge in [-0.3, -0.25) is 14.3 Å². The molecule has 0 saturated carbocycles. The molecule has 0 spiro atoms. The van der Waals surface area contributed by atoms with E-state index in [1.165, 1.54) is 4.57 Å². The molecule has 0 unspecified atom stereocenters. The number of carboxylic acid groups (broad SMARTS) is 1. The number of H-pyrrole nitrogens is 1. The number of hydrogen-bond acceptors (Lipinski definition) is 4. The van der Waals surface area contributed by atoms with Gasteiger partial charge in [0.15, 0.2) is 0 Å². The molecule has 1 rings (SSSR count). The van der Waals surface area contributed by atoms with Crippen molar-refractivity contribution in [1.82, 2.24) is 14.5 Å². The Morgan fingerprint density at radius 2 is 2.05 bits per heavy atom. The minimum atomic E-state index is -1.34. The van der Waals surface area contributed by atoms with Crippen molar-refractivity contribution in [3.8, 4) is 0 Å². The van der Waals surface area contributed by atoms with Crippen molar-refractivity contribution in [3.63, 3.8) is 0 Å². The van der Waals surface area contributed by atoms with Crippen molar-refractivity contribution in [2.45, 2.75) is 26.8 Å². The minimum absolute atomic E-state index is 0.351. The molecule has 1 aromatic heterocycles. The summed E-state index contributed by atoms with van der Waals surface area (Å²) in [6.07, 6.45) is 2.11. The highest BCUT2D eigenvalue weighted by Gasteiger charge is 2.11. The number of aromatic carboxylic acids is 1. The molecule has 7 nitrogen and oxygen atoms in total. The third-order valence-electron chi connectivity index (χ3n) is 2.89. The Morgan fingerprint density at radius 1 is 1.37 bits per heavy atom. The van der Waals surface area contributed by atoms with Crippen molar-refractivity contribution in [3.05, 3.63) is 32.6 Å². The van der Waals surface area contributed by atoms with Gasteiger partial charge in [0.2, 0.25) is 0 Å². The number of carbonyl (C=O) groups is 1. The van der Waals surface area contributed by atoms with E-state index in [1.807, 2.05) is 11.9 Å². The zero-order chi connectivity index (χ0) is 14.4. The highest BCUT2D eigenvalue weighted by molar-refractivity contribution is 5.86. The van der Waals surface area contributed by atoms with Crippen LogP contribution in [0.4, 0.5) is 0 Å². The Balaban J connectivity index is 2.89. The van der Waals surface area contributed by atoms with E-state index in [0.717, 1.165) is 25.7 Å². The molecule has 0 aromatic carbocycles. The largest absolute Gasteiger partial charge is 0.477 e. The van der Waals surface area contributed by atoms with Gasteiger partial charge < -0.3 is 10.0 Å². The van der Waals surface area contributed by atoms with E-state index in [1.54, 1.807) is 0 Å². The van der Waals surface area contributed by atoms with E-state index in [0.29, 0.717) is 13.1 Å². The lowest BCUT2D eigenvalue weighted by atomic mass is 10.3. The molecule has 1 aromatic rings. The molecule has 19 heavy (non-hydrogen) atoms. The molecule has 2 N–H and O–H groups in total. The predicted octanol–water partition coefficient (Wildman–Crippen LogP) is -0.0333. The summed E-state index contributed by atoms with van der Waals surface area (Å²) in [4.78, 5) is 37.8. The van der Waals surface area contributed by atoms with E-state index < -0.39 is 22.8 Å². The lowest BCUT2D eigenvalue weighted by Crippen LogP contribution is -2.36. The molecule has 0 atom stereocenters. The van der Waals surface area contributed by atoms with E-state index in [2.05, 4.69) is 11.8 Å². The van der Waals surface area contributed by atoms with Gasteiger partial charge in [-0.2, -0.15) is 0 Å². The first-order valence-electron chi connectivity index (χ1n) is 6.29. The van der Waals surface area contributed by atoms with Crippen molar-refractivity contribution < 1.29 is 9.90 Å². The molecule has 0 aliphatic heterocycles. The monoisotopic (exact) mass is 269 g/mol. The number of aromatic amines is 1. The molecule has 106 valence electrons. The van der Waals surface area contributed by atoms with Crippen LogP contribution in [0.15, 0.2) is 15.8 Å². The number of hydrogen-bond donors (Lipinski definition) is 2. The maximum absolute atomic E-state index is 11.6. The van der Waals surface area contributed by atoms with Crippen LogP contribution >= 0.6 is 0 Å². The van der Waals surface area contributed by atoms with Crippen LogP contribution in [0.1, 0.15) is 30.6 Å². The molecule has 0 radical (unpaired) electrons. The van der Waals surface area contributed by atoms with Gasteiger partial charge in [0, 0.05) is 19.3 Å². The Bertz CT molecular complexity index is 547. The van der Waals surface area contributed by atoms with Crippen LogP contribution in [-0.2, 0) is 6.54 Å². The topological polar surface area (TPSA) is 95.4 Å². The van der Waals surface area contributed by atoms with Crippen LogP contribution in [0, 0.1) is 0 Å². The molecule has 0 amide bonds. The summed E-state index contributed by atoms with van der Waals surface area (Å²) in [6.45, 7) is 6.85. The quantitative estimate of drug-likeness (QED) is 0.724. The van der Waals surface area contributed by atoms with Gasteiger partial charge in [0.1, 0.15) is 5.56 Å². The number of rotatable bonds is 7. The van der Waals surface area contributed by atoms with E-state index in [-0.39, 0.29) is 0 Å². The SMILES string of the molecule is CCCN(CC)CCn1cc(C(=O)O)c(=O)[nH]c1=O. The standard InChI is InChI=1S/C12H19N3O4/c1-3-5-14(4-2)6-7-15-8-9(11(17)18)10(16)13-12(15)19/h8H,3-7H2,1-2H3,(H,17,18)(H,13,16,19). The van der Waals surface area contributed by atoms with Crippen molar-refractivity contribution in [2.24, 2.45) is 0 Å². The summed E-state index contributed by atoms with van der Waals surface area (Å²) in [5.74, 6) is -1.34. The highest BCUT2D eigenvalue weighted by Crippen LogP contribution is 1.93. The van der Waals surface area contributed by atoms with Gasteiger partial charge in [-0.25, -0.2) is 9.59 Å². The summed E-state index contributed by atoms with van der Waals surface area (Å²) in [6, 6.07) is 0. The molecule has 0 fully saturated rings. The summed E-state index contributed by atoms with van der Waals surface area (Å²) in [5.41, 5.74) is -1.87. The fourth-order valence-electron chi connectivity index (χ4n) is 1.82. The third-order valence-corrected chi connectivity index (χ3v) is 2.89. The molecule has 7 heteroatoms. The zero-order valence-electron chi connectivity index (χ0n) is 11.2. The Kier molecular flexibility index (Phi) is 5.50. The van der Waals surface area contributed by atoms with Crippen LogP contribution in [0.25, 0.3) is 0 Å². The van der Waals surface area contributed by atoms with Crippen LogP contribution in [0.2, 0.25) is 0 Å². The Morgan fingerprint density at radius 3 is 2.58 bits per heavy atom. The zero-order valence-corrected chi connectivity index (χ0v) is 11.2. The van der Waals surface area contributed by atoms with Crippen molar-refractivity contribution in [2.75, 3.05) is 19.6 Å². The van der Waals surface area contributed by atoms with Crippen LogP contribution in [0.5, 0.6) is 0 Å². The fraction of sp³-hybridized carbons (Fsp3) is 0.583. The first-order chi connectivity index (χ1) is 8.99. The molecule has 0 aliphatic carbocycles. The maximum atomic E-state index is 11.6.